The summed E-state index contributed by atoms with van der Waals surface area (Å²) in [5, 5.41) is 0. The van der Waals surface area contributed by atoms with Gasteiger partial charge in [0.2, 0.25) is 0 Å². The molecule has 2 aromatic heterocycles. The molecule has 5 aliphatic rings. The number of hydrogen-bond acceptors (Lipinski definition) is 16. The van der Waals surface area contributed by atoms with Crippen molar-refractivity contribution < 1.29 is 66.7 Å². The third-order valence-electron chi connectivity index (χ3n) is 13.0. The molecule has 16 nitrogen and oxygen atoms in total. The van der Waals surface area contributed by atoms with E-state index in [1.165, 1.54) is 62.9 Å². The van der Waals surface area contributed by atoms with Crippen LogP contribution in [-0.4, -0.2) is 99.4 Å². The van der Waals surface area contributed by atoms with Gasteiger partial charge in [-0.05, 0) is 56.9 Å². The van der Waals surface area contributed by atoms with E-state index in [0.717, 1.165) is 6.92 Å². The second-order valence-corrected chi connectivity index (χ2v) is 17.1. The van der Waals surface area contributed by atoms with Gasteiger partial charge >= 0.3 is 35.8 Å². The van der Waals surface area contributed by atoms with Crippen LogP contribution in [0.1, 0.15) is 88.9 Å². The van der Waals surface area contributed by atoms with Gasteiger partial charge in [0, 0.05) is 63.3 Å². The Morgan fingerprint density at radius 2 is 1.40 bits per heavy atom. The average molecular weight is 805 g/mol. The normalized spacial score (nSPS) is 38.1. The third-order valence-corrected chi connectivity index (χ3v) is 13.0. The highest BCUT2D eigenvalue weighted by Gasteiger charge is 2.87. The summed E-state index contributed by atoms with van der Waals surface area (Å²) in [6.07, 6.45) is -0.391. The molecule has 0 radical (unpaired) electrons. The molecule has 2 aromatic rings. The number of rotatable bonds is 9. The van der Waals surface area contributed by atoms with Crippen LogP contribution in [0.2, 0.25) is 0 Å². The van der Waals surface area contributed by atoms with Crippen LogP contribution in [0.5, 0.6) is 0 Å². The highest BCUT2D eigenvalue weighted by molar-refractivity contribution is 5.96. The van der Waals surface area contributed by atoms with Gasteiger partial charge in [-0.25, -0.2) is 9.59 Å². The van der Waals surface area contributed by atoms with Crippen molar-refractivity contribution >= 4 is 41.6 Å². The molecule has 5 fully saturated rings. The van der Waals surface area contributed by atoms with Crippen molar-refractivity contribution in [1.29, 1.82) is 0 Å². The molecule has 3 heterocycles. The molecule has 1 aliphatic heterocycles. The van der Waals surface area contributed by atoms with E-state index in [-0.39, 0.29) is 24.0 Å². The van der Waals surface area contributed by atoms with Crippen molar-refractivity contribution in [3.63, 3.8) is 0 Å². The molecular weight excluding hydrogens is 756 g/mol. The van der Waals surface area contributed by atoms with Crippen LogP contribution in [0.25, 0.3) is 0 Å². The maximum absolute atomic E-state index is 15.8. The maximum atomic E-state index is 15.8. The topological polar surface area (TPSA) is 210 Å². The van der Waals surface area contributed by atoms with Crippen molar-refractivity contribution in [1.82, 2.24) is 9.97 Å². The number of esters is 6. The number of ether oxygens (including phenoxy) is 7. The number of carbonyl (C=O) groups is 7. The molecule has 16 heteroatoms. The fourth-order valence-electron chi connectivity index (χ4n) is 11.2. The van der Waals surface area contributed by atoms with E-state index in [1.54, 1.807) is 34.6 Å². The van der Waals surface area contributed by atoms with Gasteiger partial charge in [0.25, 0.3) is 0 Å². The summed E-state index contributed by atoms with van der Waals surface area (Å²) in [7, 11) is 0. The van der Waals surface area contributed by atoms with Crippen molar-refractivity contribution in [3.05, 3.63) is 60.2 Å². The molecule has 58 heavy (non-hydrogen) atoms. The highest BCUT2D eigenvalue weighted by Crippen LogP contribution is 2.73. The van der Waals surface area contributed by atoms with Crippen molar-refractivity contribution in [2.45, 2.75) is 109 Å². The summed E-state index contributed by atoms with van der Waals surface area (Å²) < 4.78 is 44.5. The lowest BCUT2D eigenvalue weighted by atomic mass is 9.42. The second kappa shape index (κ2) is 14.5. The zero-order valence-electron chi connectivity index (χ0n) is 33.6. The lowest BCUT2D eigenvalue weighted by Gasteiger charge is -2.64. The van der Waals surface area contributed by atoms with Gasteiger partial charge in [0.15, 0.2) is 23.6 Å². The molecule has 0 unspecified atom stereocenters. The van der Waals surface area contributed by atoms with Gasteiger partial charge in [0.1, 0.15) is 23.4 Å². The molecule has 0 N–H and O–H groups in total. The molecule has 0 aromatic carbocycles. The van der Waals surface area contributed by atoms with Gasteiger partial charge in [-0.2, -0.15) is 0 Å². The average Bonchev–Trinajstić information content (AvgIpc) is 3.58. The van der Waals surface area contributed by atoms with Gasteiger partial charge in [-0.15, -0.1) is 0 Å². The summed E-state index contributed by atoms with van der Waals surface area (Å²) in [5.41, 5.74) is -7.01. The lowest BCUT2D eigenvalue weighted by molar-refractivity contribution is -0.258. The number of fused-ring (bicyclic) bond motifs is 2. The minimum absolute atomic E-state index is 0.00594. The predicted molar refractivity (Wildman–Crippen MR) is 196 cm³/mol. The number of aromatic nitrogens is 2. The second-order valence-electron chi connectivity index (χ2n) is 17.1. The smallest absolute Gasteiger partial charge is 0.340 e. The summed E-state index contributed by atoms with van der Waals surface area (Å²) in [4.78, 5) is 105. The van der Waals surface area contributed by atoms with E-state index in [4.69, 9.17) is 33.2 Å². The van der Waals surface area contributed by atoms with Crippen molar-refractivity contribution in [3.8, 4) is 0 Å². The minimum Gasteiger partial charge on any atom is -0.462 e. The Morgan fingerprint density at radius 1 is 0.793 bits per heavy atom. The van der Waals surface area contributed by atoms with Gasteiger partial charge in [-0.1, -0.05) is 20.8 Å². The number of Topliss-reactive ketones (excluding diaryl/α,β-unsaturated/α-hetero) is 1. The third kappa shape index (κ3) is 6.25. The quantitative estimate of drug-likeness (QED) is 0.262. The van der Waals surface area contributed by atoms with Crippen molar-refractivity contribution in [2.24, 2.45) is 40.9 Å². The minimum atomic E-state index is -2.00. The van der Waals surface area contributed by atoms with Crippen LogP contribution in [0.15, 0.2) is 49.1 Å². The Kier molecular flexibility index (Phi) is 10.3. The summed E-state index contributed by atoms with van der Waals surface area (Å²) in [6.45, 7) is 11.5. The molecule has 13 atom stereocenters. The first-order valence-electron chi connectivity index (χ1n) is 19.5. The van der Waals surface area contributed by atoms with Crippen molar-refractivity contribution in [2.75, 3.05) is 6.61 Å². The maximum Gasteiger partial charge on any atom is 0.340 e. The fraction of sp³-hybridized carbons (Fsp3) is 0.595. The van der Waals surface area contributed by atoms with E-state index in [2.05, 4.69) is 9.97 Å². The molecule has 4 aliphatic carbocycles. The van der Waals surface area contributed by atoms with Crippen LogP contribution < -0.4 is 0 Å². The molecule has 7 rings (SSSR count). The summed E-state index contributed by atoms with van der Waals surface area (Å²) in [5.74, 6) is -10.7. The first-order valence-corrected chi connectivity index (χ1v) is 19.5. The van der Waals surface area contributed by atoms with E-state index in [1.807, 2.05) is 0 Å². The molecule has 1 saturated heterocycles. The Bertz CT molecular complexity index is 2030. The predicted octanol–water partition coefficient (Wildman–Crippen LogP) is 3.63. The monoisotopic (exact) mass is 804 g/mol. The van der Waals surface area contributed by atoms with Gasteiger partial charge < -0.3 is 33.2 Å². The van der Waals surface area contributed by atoms with Crippen LogP contribution in [0.3, 0.4) is 0 Å². The lowest BCUT2D eigenvalue weighted by Crippen LogP contribution is -2.75. The molecule has 310 valence electrons. The number of carbonyl (C=O) groups excluding carboxylic acids is 7. The molecule has 0 amide bonds. The first-order chi connectivity index (χ1) is 27.3. The molecular formula is C42H48N2O14. The van der Waals surface area contributed by atoms with E-state index in [0.29, 0.717) is 0 Å². The van der Waals surface area contributed by atoms with Crippen LogP contribution in [0, 0.1) is 40.9 Å². The number of nitrogens with zero attached hydrogens (tertiary/aromatic N) is 2. The zero-order valence-corrected chi connectivity index (χ0v) is 33.6. The van der Waals surface area contributed by atoms with Gasteiger partial charge in [-0.3, -0.25) is 33.9 Å². The number of hydrogen-bond donors (Lipinski definition) is 0. The fourth-order valence-corrected chi connectivity index (χ4v) is 11.2. The Balaban J connectivity index is 1.56. The summed E-state index contributed by atoms with van der Waals surface area (Å²) in [6, 6.07) is 6.01. The summed E-state index contributed by atoms with van der Waals surface area (Å²) >= 11 is 0. The molecule has 0 spiro atoms. The largest absolute Gasteiger partial charge is 0.462 e. The zero-order chi connectivity index (χ0) is 42.1. The van der Waals surface area contributed by atoms with E-state index < -0.39 is 130 Å². The SMILES string of the molecule is CC(=O)O[C@@H]1[C@@H]2[C@@H](OC(=O)c3cccnc3)[C@@]34CO[C@@](C)([C@@H](OC(=O)c5cccnc5)[C@@]2(OC(C)=O)C[C@@H]1C)[C@@H]3[C@@H]1[C@@H](C[C@]1(C)OC(C)=O)[C@@H](OC(=O)C(C)C)C4=O. The Hall–Kier alpha value is -5.25. The van der Waals surface area contributed by atoms with Crippen LogP contribution in [0.4, 0.5) is 0 Å². The van der Waals surface area contributed by atoms with E-state index >= 15 is 4.79 Å². The van der Waals surface area contributed by atoms with Crippen LogP contribution in [-0.2, 0) is 57.1 Å². The first kappa shape index (κ1) is 40.9. The highest BCUT2D eigenvalue weighted by atomic mass is 16.6. The van der Waals surface area contributed by atoms with Crippen LogP contribution >= 0.6 is 0 Å². The van der Waals surface area contributed by atoms with Gasteiger partial charge in [0.05, 0.1) is 35.0 Å². The standard InChI is InChI=1S/C42H48N2O14/c1-20(2)35(49)54-31-27-16-39(7,57-23(5)46)28(27)32-40(8)38(56-37(51)26-12-10-14-44-18-26)42(58-24(6)47)15-21(3)30(53-22(4)45)29(42)34(41(32,19-52-40)33(31)48)55-36(50)25-11-9-13-43-17-25/h9-14,17-18,20-21,27-32,34,38H,15-16,19H2,1-8H3/t21-,27+,28-,29+,30-,31+,32-,34+,38+,39-,40+,41-,42+/m0/s1. The molecule has 4 saturated carbocycles. The number of ketones is 1. The number of pyridine rings is 2. The Labute approximate surface area is 335 Å². The van der Waals surface area contributed by atoms with E-state index in [9.17, 15) is 28.8 Å². The Morgan fingerprint density at radius 3 is 1.93 bits per heavy atom. The molecule has 2 bridgehead atoms.